The third-order valence-corrected chi connectivity index (χ3v) is 16.8. The van der Waals surface area contributed by atoms with Gasteiger partial charge in [0.25, 0.3) is 0 Å². The Balaban J connectivity index is 1.26. The minimum Gasteiger partial charge on any atom is -0.481 e. The molecule has 6 rings (SSSR count). The van der Waals surface area contributed by atoms with Crippen molar-refractivity contribution in [1.82, 2.24) is 15.2 Å². The van der Waals surface area contributed by atoms with E-state index in [0.717, 1.165) is 88.6 Å². The summed E-state index contributed by atoms with van der Waals surface area (Å²) in [6.07, 6.45) is 13.3. The number of hydrogen-bond donors (Lipinski definition) is 2. The van der Waals surface area contributed by atoms with Gasteiger partial charge in [-0.3, -0.25) is 29.1 Å². The topological polar surface area (TPSA) is 126 Å². The van der Waals surface area contributed by atoms with Crippen molar-refractivity contribution in [2.45, 2.75) is 153 Å². The molecule has 4 saturated carbocycles. The number of aromatic nitrogens is 1. The van der Waals surface area contributed by atoms with Crippen LogP contribution in [0, 0.1) is 56.2 Å². The average Bonchev–Trinajstić information content (AvgIpc) is 3.41. The molecule has 0 radical (unpaired) electrons. The number of esters is 1. The molecule has 310 valence electrons. The van der Waals surface area contributed by atoms with Crippen molar-refractivity contribution in [3.05, 3.63) is 41.2 Å². The summed E-state index contributed by atoms with van der Waals surface area (Å²) in [5.74, 6) is 0.411. The number of carbonyl (C=O) groups excluding carboxylic acids is 3. The third-order valence-electron chi connectivity index (χ3n) is 16.8. The Hall–Kier alpha value is -3.07. The number of allylic oxidation sites excluding steroid dienone is 2. The van der Waals surface area contributed by atoms with Crippen molar-refractivity contribution in [3.8, 4) is 0 Å². The first-order valence-corrected chi connectivity index (χ1v) is 21.7. The molecular weight excluding hydrogens is 703 g/mol. The molecule has 1 aromatic heterocycles. The van der Waals surface area contributed by atoms with E-state index in [-0.39, 0.29) is 51.4 Å². The van der Waals surface area contributed by atoms with E-state index in [9.17, 15) is 24.3 Å². The molecule has 0 spiro atoms. The summed E-state index contributed by atoms with van der Waals surface area (Å²) < 4.78 is 6.20. The van der Waals surface area contributed by atoms with Crippen molar-refractivity contribution < 1.29 is 29.0 Å². The molecule has 0 bridgehead atoms. The number of carbonyl (C=O) groups is 4. The van der Waals surface area contributed by atoms with E-state index in [2.05, 4.69) is 69.7 Å². The minimum atomic E-state index is -1.16. The first kappa shape index (κ1) is 42.5. The van der Waals surface area contributed by atoms with Crippen LogP contribution in [0.2, 0.25) is 0 Å². The molecular formula is C47H71N3O6. The zero-order chi connectivity index (χ0) is 41.1. The zero-order valence-electron chi connectivity index (χ0n) is 36.2. The summed E-state index contributed by atoms with van der Waals surface area (Å²) in [7, 11) is 0. The lowest BCUT2D eigenvalue weighted by Gasteiger charge is -2.72. The van der Waals surface area contributed by atoms with Crippen molar-refractivity contribution >= 4 is 23.6 Å². The van der Waals surface area contributed by atoms with Gasteiger partial charge in [-0.25, -0.2) is 0 Å². The van der Waals surface area contributed by atoms with Crippen molar-refractivity contribution in [2.75, 3.05) is 19.6 Å². The van der Waals surface area contributed by atoms with E-state index < -0.39 is 17.4 Å². The number of pyridine rings is 1. The molecule has 8 atom stereocenters. The molecule has 1 heterocycles. The average molecular weight is 774 g/mol. The Kier molecular flexibility index (Phi) is 11.6. The minimum absolute atomic E-state index is 0.0196. The van der Waals surface area contributed by atoms with Gasteiger partial charge in [0.15, 0.2) is 5.78 Å². The second kappa shape index (κ2) is 15.3. The number of rotatable bonds is 13. The number of hydrogen-bond acceptors (Lipinski definition) is 7. The monoisotopic (exact) mass is 774 g/mol. The first-order chi connectivity index (χ1) is 26.1. The predicted octanol–water partition coefficient (Wildman–Crippen LogP) is 8.80. The standard InChI is InChI=1S/C47H71N3O6/c1-30(2)39-34(52)26-47(21-24-50(25-23-49-31(3)51)29-32-12-11-22-48-28-32)20-19-45(9)33(40(39)47)13-14-36-44(8)17-16-37(56-38(53)27-42(4,5)41(54)55)43(6,7)35(44)15-18-46(36,45)10/h11-12,22,28,30,33,35-37H,13-21,23-27,29H2,1-10H3,(H,49,51)(H,54,55)/t33-,35?,36?,37+,44+,45-,46-,47-/m1/s1. The van der Waals surface area contributed by atoms with Crippen LogP contribution in [0.25, 0.3) is 0 Å². The SMILES string of the molecule is CC(=O)NCCN(CC[C@@]12CC[C@]3(C)[C@H](CCC4[C@@]5(C)CC[C@H](OC(=O)CC(C)(C)C(=O)O)C(C)(C)C5CC[C@]43C)C1=C(C(C)C)C(=O)C2)Cc1cccnc1. The van der Waals surface area contributed by atoms with E-state index in [0.29, 0.717) is 36.5 Å². The smallest absolute Gasteiger partial charge is 0.309 e. The van der Waals surface area contributed by atoms with Crippen LogP contribution in [-0.2, 0) is 30.5 Å². The second-order valence-electron chi connectivity index (χ2n) is 21.1. The Morgan fingerprint density at radius 3 is 2.36 bits per heavy atom. The second-order valence-corrected chi connectivity index (χ2v) is 21.1. The quantitative estimate of drug-likeness (QED) is 0.191. The molecule has 9 nitrogen and oxygen atoms in total. The van der Waals surface area contributed by atoms with Crippen LogP contribution in [0.15, 0.2) is 35.7 Å². The Morgan fingerprint density at radius 2 is 1.71 bits per heavy atom. The van der Waals surface area contributed by atoms with E-state index in [1.54, 1.807) is 27.0 Å². The lowest BCUT2D eigenvalue weighted by molar-refractivity contribution is -0.233. The van der Waals surface area contributed by atoms with Crippen LogP contribution >= 0.6 is 0 Å². The summed E-state index contributed by atoms with van der Waals surface area (Å²) in [5, 5.41) is 12.6. The number of carboxylic acid groups (broad SMARTS) is 1. The highest BCUT2D eigenvalue weighted by atomic mass is 16.5. The zero-order valence-corrected chi connectivity index (χ0v) is 36.2. The van der Waals surface area contributed by atoms with Crippen molar-refractivity contribution in [2.24, 2.45) is 56.2 Å². The summed E-state index contributed by atoms with van der Waals surface area (Å²) in [5.41, 5.74) is 2.49. The number of carboxylic acids is 1. The number of fused-ring (bicyclic) bond motifs is 7. The van der Waals surface area contributed by atoms with Crippen LogP contribution in [-0.4, -0.2) is 64.4 Å². The highest BCUT2D eigenvalue weighted by Gasteiger charge is 2.70. The number of ketones is 1. The van der Waals surface area contributed by atoms with Gasteiger partial charge in [0, 0.05) is 56.2 Å². The molecule has 0 aromatic carbocycles. The molecule has 2 unspecified atom stereocenters. The Labute approximate surface area is 336 Å². The molecule has 0 saturated heterocycles. The summed E-state index contributed by atoms with van der Waals surface area (Å²) >= 11 is 0. The highest BCUT2D eigenvalue weighted by molar-refractivity contribution is 6.00. The number of aliphatic carboxylic acids is 1. The van der Waals surface area contributed by atoms with Gasteiger partial charge in [-0.15, -0.1) is 0 Å². The van der Waals surface area contributed by atoms with E-state index in [1.807, 2.05) is 12.3 Å². The third kappa shape index (κ3) is 7.29. The Bertz CT molecular complexity index is 1720. The van der Waals surface area contributed by atoms with Gasteiger partial charge in [0.1, 0.15) is 6.10 Å². The number of nitrogens with one attached hydrogen (secondary N) is 1. The molecule has 1 amide bonds. The van der Waals surface area contributed by atoms with Crippen LogP contribution < -0.4 is 5.32 Å². The van der Waals surface area contributed by atoms with Crippen LogP contribution in [0.1, 0.15) is 145 Å². The molecule has 0 aliphatic heterocycles. The maximum atomic E-state index is 14.2. The van der Waals surface area contributed by atoms with Crippen LogP contribution in [0.4, 0.5) is 0 Å². The maximum absolute atomic E-state index is 14.2. The van der Waals surface area contributed by atoms with Gasteiger partial charge in [-0.2, -0.15) is 0 Å². The van der Waals surface area contributed by atoms with E-state index in [4.69, 9.17) is 4.74 Å². The normalized spacial score (nSPS) is 35.0. The first-order valence-electron chi connectivity index (χ1n) is 21.7. The fourth-order valence-electron chi connectivity index (χ4n) is 13.7. The number of amides is 1. The molecule has 5 aliphatic carbocycles. The van der Waals surface area contributed by atoms with Gasteiger partial charge in [0.05, 0.1) is 11.8 Å². The summed E-state index contributed by atoms with van der Waals surface area (Å²) in [4.78, 5) is 57.8. The predicted molar refractivity (Wildman–Crippen MR) is 218 cm³/mol. The van der Waals surface area contributed by atoms with Gasteiger partial charge >= 0.3 is 11.9 Å². The number of nitrogens with zero attached hydrogens (tertiary/aromatic N) is 2. The van der Waals surface area contributed by atoms with Crippen LogP contribution in [0.3, 0.4) is 0 Å². The molecule has 9 heteroatoms. The number of Topliss-reactive ketones (excluding diaryl/α,β-unsaturated/α-hetero) is 1. The molecule has 56 heavy (non-hydrogen) atoms. The number of ether oxygens (including phenoxy) is 1. The van der Waals surface area contributed by atoms with Gasteiger partial charge in [0.2, 0.25) is 5.91 Å². The summed E-state index contributed by atoms with van der Waals surface area (Å²) in [6.45, 7) is 24.4. The van der Waals surface area contributed by atoms with Crippen molar-refractivity contribution in [3.63, 3.8) is 0 Å². The fraction of sp³-hybridized carbons (Fsp3) is 0.766. The van der Waals surface area contributed by atoms with Gasteiger partial charge in [-0.1, -0.05) is 60.1 Å². The highest BCUT2D eigenvalue weighted by Crippen LogP contribution is 2.77. The molecule has 1 aromatic rings. The maximum Gasteiger partial charge on any atom is 0.309 e. The molecule has 2 N–H and O–H groups in total. The van der Waals surface area contributed by atoms with E-state index >= 15 is 0 Å². The Morgan fingerprint density at radius 1 is 0.982 bits per heavy atom. The fourth-order valence-corrected chi connectivity index (χ4v) is 13.7. The van der Waals surface area contributed by atoms with Crippen molar-refractivity contribution in [1.29, 1.82) is 0 Å². The molecule has 5 aliphatic rings. The lowest BCUT2D eigenvalue weighted by atomic mass is 9.33. The van der Waals surface area contributed by atoms with Crippen LogP contribution in [0.5, 0.6) is 0 Å². The van der Waals surface area contributed by atoms with Gasteiger partial charge in [-0.05, 0) is 135 Å². The van der Waals surface area contributed by atoms with E-state index in [1.165, 1.54) is 5.57 Å². The lowest BCUT2D eigenvalue weighted by Crippen LogP contribution is -2.65. The largest absolute Gasteiger partial charge is 0.481 e. The van der Waals surface area contributed by atoms with Gasteiger partial charge < -0.3 is 15.2 Å². The summed E-state index contributed by atoms with van der Waals surface area (Å²) in [6, 6.07) is 4.09. The molecule has 4 fully saturated rings.